The lowest BCUT2D eigenvalue weighted by Gasteiger charge is -2.21. The predicted molar refractivity (Wildman–Crippen MR) is 69.6 cm³/mol. The molecule has 19 heavy (non-hydrogen) atoms. The van der Waals surface area contributed by atoms with Crippen LogP contribution in [0.15, 0.2) is 18.2 Å². The molecule has 8 heteroatoms. The van der Waals surface area contributed by atoms with Gasteiger partial charge in [-0.25, -0.2) is 4.79 Å². The maximum absolute atomic E-state index is 12.0. The first kappa shape index (κ1) is 15.5. The standard InChI is InChI=1S/C11H13F3N2O2S/c1-16(4-5-19-11(12,13)14)9-3-2-7(15)6-8(9)10(17)18/h2-3,6H,4-5,15H2,1H3,(H,17,18). The van der Waals surface area contributed by atoms with Crippen LogP contribution in [0.3, 0.4) is 0 Å². The summed E-state index contributed by atoms with van der Waals surface area (Å²) in [4.78, 5) is 12.5. The van der Waals surface area contributed by atoms with Crippen LogP contribution >= 0.6 is 11.8 Å². The van der Waals surface area contributed by atoms with Gasteiger partial charge in [0, 0.05) is 25.0 Å². The molecule has 0 aliphatic carbocycles. The molecule has 1 aromatic rings. The fourth-order valence-electron chi connectivity index (χ4n) is 1.48. The number of hydrogen-bond donors (Lipinski definition) is 2. The van der Waals surface area contributed by atoms with Crippen molar-refractivity contribution in [3.05, 3.63) is 23.8 Å². The molecule has 0 radical (unpaired) electrons. The van der Waals surface area contributed by atoms with Crippen LogP contribution in [0.1, 0.15) is 10.4 Å². The van der Waals surface area contributed by atoms with Crippen LogP contribution in [0.25, 0.3) is 0 Å². The van der Waals surface area contributed by atoms with E-state index in [1.54, 1.807) is 0 Å². The summed E-state index contributed by atoms with van der Waals surface area (Å²) in [5, 5.41) is 9.03. The molecule has 0 aromatic heterocycles. The molecule has 0 fully saturated rings. The number of nitrogens with zero attached hydrogens (tertiary/aromatic N) is 1. The van der Waals surface area contributed by atoms with Crippen LogP contribution < -0.4 is 10.6 Å². The van der Waals surface area contributed by atoms with Crippen molar-refractivity contribution in [2.75, 3.05) is 30.0 Å². The van der Waals surface area contributed by atoms with Gasteiger partial charge in [-0.1, -0.05) is 0 Å². The number of thioether (sulfide) groups is 1. The highest BCUT2D eigenvalue weighted by molar-refractivity contribution is 8.00. The normalized spacial score (nSPS) is 11.4. The van der Waals surface area contributed by atoms with E-state index in [4.69, 9.17) is 10.8 Å². The summed E-state index contributed by atoms with van der Waals surface area (Å²) in [6, 6.07) is 4.28. The number of aromatic carboxylic acids is 1. The van der Waals surface area contributed by atoms with Crippen LogP contribution in [0.2, 0.25) is 0 Å². The Morgan fingerprint density at radius 2 is 2.11 bits per heavy atom. The number of hydrogen-bond acceptors (Lipinski definition) is 4. The SMILES string of the molecule is CN(CCSC(F)(F)F)c1ccc(N)cc1C(=O)O. The highest BCUT2D eigenvalue weighted by Crippen LogP contribution is 2.30. The fourth-order valence-corrected chi connectivity index (χ4v) is 2.07. The molecule has 1 rings (SSSR count). The zero-order valence-electron chi connectivity index (χ0n) is 10.1. The number of rotatable bonds is 5. The van der Waals surface area contributed by atoms with Crippen molar-refractivity contribution in [1.82, 2.24) is 0 Å². The molecule has 0 saturated heterocycles. The Kier molecular flexibility index (Phi) is 4.93. The second kappa shape index (κ2) is 6.05. The van der Waals surface area contributed by atoms with Crippen molar-refractivity contribution in [1.29, 1.82) is 0 Å². The number of carboxylic acids is 1. The molecule has 0 spiro atoms. The van der Waals surface area contributed by atoms with Gasteiger partial charge >= 0.3 is 11.5 Å². The van der Waals surface area contributed by atoms with Gasteiger partial charge in [0.25, 0.3) is 0 Å². The first-order valence-electron chi connectivity index (χ1n) is 5.25. The largest absolute Gasteiger partial charge is 0.478 e. The number of alkyl halides is 3. The van der Waals surface area contributed by atoms with Crippen molar-refractivity contribution in [3.63, 3.8) is 0 Å². The second-order valence-corrected chi connectivity index (χ2v) is 4.96. The van der Waals surface area contributed by atoms with Gasteiger partial charge in [0.15, 0.2) is 0 Å². The molecular formula is C11H13F3N2O2S. The van der Waals surface area contributed by atoms with Crippen molar-refractivity contribution < 1.29 is 23.1 Å². The van der Waals surface area contributed by atoms with Crippen LogP contribution in [0, 0.1) is 0 Å². The zero-order chi connectivity index (χ0) is 14.6. The van der Waals surface area contributed by atoms with Crippen molar-refractivity contribution in [3.8, 4) is 0 Å². The van der Waals surface area contributed by atoms with E-state index in [9.17, 15) is 18.0 Å². The minimum absolute atomic E-state index is 0.0282. The summed E-state index contributed by atoms with van der Waals surface area (Å²) in [6.07, 6.45) is 0. The quantitative estimate of drug-likeness (QED) is 0.817. The van der Waals surface area contributed by atoms with Gasteiger partial charge < -0.3 is 15.7 Å². The van der Waals surface area contributed by atoms with Gasteiger partial charge in [-0.2, -0.15) is 13.2 Å². The topological polar surface area (TPSA) is 66.6 Å². The first-order chi connectivity index (χ1) is 8.70. The molecule has 4 nitrogen and oxygen atoms in total. The molecule has 106 valence electrons. The molecule has 0 saturated carbocycles. The fraction of sp³-hybridized carbons (Fsp3) is 0.364. The number of carbonyl (C=O) groups is 1. The lowest BCUT2D eigenvalue weighted by molar-refractivity contribution is -0.0327. The van der Waals surface area contributed by atoms with Crippen molar-refractivity contribution in [2.45, 2.75) is 5.51 Å². The first-order valence-corrected chi connectivity index (χ1v) is 6.24. The summed E-state index contributed by atoms with van der Waals surface area (Å²) < 4.78 is 36.0. The van der Waals surface area contributed by atoms with Crippen LogP contribution in [0.5, 0.6) is 0 Å². The number of nitrogens with two attached hydrogens (primary N) is 1. The van der Waals surface area contributed by atoms with E-state index in [0.29, 0.717) is 11.4 Å². The molecule has 0 atom stereocenters. The molecule has 0 aliphatic rings. The monoisotopic (exact) mass is 294 g/mol. The third kappa shape index (κ3) is 4.90. The highest BCUT2D eigenvalue weighted by Gasteiger charge is 2.27. The molecule has 0 amide bonds. The van der Waals surface area contributed by atoms with Gasteiger partial charge in [0.2, 0.25) is 0 Å². The summed E-state index contributed by atoms with van der Waals surface area (Å²) in [5.74, 6) is -1.35. The van der Waals surface area contributed by atoms with E-state index in [0.717, 1.165) is 0 Å². The van der Waals surface area contributed by atoms with Gasteiger partial charge in [-0.15, -0.1) is 0 Å². The predicted octanol–water partition coefficient (Wildman–Crippen LogP) is 2.66. The Morgan fingerprint density at radius 3 is 2.63 bits per heavy atom. The van der Waals surface area contributed by atoms with E-state index in [2.05, 4.69) is 0 Å². The minimum atomic E-state index is -4.28. The van der Waals surface area contributed by atoms with Crippen LogP contribution in [-0.4, -0.2) is 35.9 Å². The van der Waals surface area contributed by atoms with E-state index >= 15 is 0 Å². The van der Waals surface area contributed by atoms with Crippen molar-refractivity contribution >= 4 is 29.1 Å². The average Bonchev–Trinajstić information content (AvgIpc) is 2.26. The number of nitrogen functional groups attached to an aromatic ring is 1. The smallest absolute Gasteiger partial charge is 0.441 e. The van der Waals surface area contributed by atoms with E-state index in [1.807, 2.05) is 0 Å². The molecule has 0 heterocycles. The third-order valence-electron chi connectivity index (χ3n) is 2.35. The summed E-state index contributed by atoms with van der Waals surface area (Å²) in [6.45, 7) is 0.0778. The second-order valence-electron chi connectivity index (χ2n) is 3.80. The average molecular weight is 294 g/mol. The maximum atomic E-state index is 12.0. The molecular weight excluding hydrogens is 281 g/mol. The third-order valence-corrected chi connectivity index (χ3v) is 3.07. The Labute approximate surface area is 112 Å². The highest BCUT2D eigenvalue weighted by atomic mass is 32.2. The van der Waals surface area contributed by atoms with E-state index in [-0.39, 0.29) is 29.6 Å². The molecule has 0 unspecified atom stereocenters. The van der Waals surface area contributed by atoms with Gasteiger partial charge in [0.05, 0.1) is 11.3 Å². The number of carboxylic acid groups (broad SMARTS) is 1. The van der Waals surface area contributed by atoms with E-state index in [1.165, 1.54) is 30.1 Å². The van der Waals surface area contributed by atoms with Crippen LogP contribution in [0.4, 0.5) is 24.5 Å². The Bertz CT molecular complexity index is 466. The molecule has 0 aliphatic heterocycles. The van der Waals surface area contributed by atoms with E-state index < -0.39 is 11.5 Å². The summed E-state index contributed by atoms with van der Waals surface area (Å²) >= 11 is -0.140. The van der Waals surface area contributed by atoms with Gasteiger partial charge in [-0.05, 0) is 30.0 Å². The van der Waals surface area contributed by atoms with Crippen molar-refractivity contribution in [2.24, 2.45) is 0 Å². The number of halogens is 3. The minimum Gasteiger partial charge on any atom is -0.478 e. The Hall–Kier alpha value is -1.57. The Balaban J connectivity index is 2.76. The Morgan fingerprint density at radius 1 is 1.47 bits per heavy atom. The maximum Gasteiger partial charge on any atom is 0.441 e. The van der Waals surface area contributed by atoms with Crippen LogP contribution in [-0.2, 0) is 0 Å². The molecule has 3 N–H and O–H groups in total. The van der Waals surface area contributed by atoms with Gasteiger partial charge in [-0.3, -0.25) is 0 Å². The lowest BCUT2D eigenvalue weighted by atomic mass is 10.1. The lowest BCUT2D eigenvalue weighted by Crippen LogP contribution is -2.23. The summed E-state index contributed by atoms with van der Waals surface area (Å²) in [5.41, 5.74) is 1.81. The zero-order valence-corrected chi connectivity index (χ0v) is 10.9. The number of anilines is 2. The van der Waals surface area contributed by atoms with Gasteiger partial charge in [0.1, 0.15) is 0 Å². The molecule has 1 aromatic carbocycles. The molecule has 0 bridgehead atoms. The summed E-state index contributed by atoms with van der Waals surface area (Å²) in [7, 11) is 1.54. The number of benzene rings is 1.